The van der Waals surface area contributed by atoms with Crippen molar-refractivity contribution in [3.63, 3.8) is 0 Å². The second-order valence-corrected chi connectivity index (χ2v) is 6.62. The summed E-state index contributed by atoms with van der Waals surface area (Å²) >= 11 is 0. The molecule has 0 saturated carbocycles. The maximum Gasteiger partial charge on any atom is 0.208 e. The third-order valence-electron chi connectivity index (χ3n) is 4.73. The quantitative estimate of drug-likeness (QED) is 0.831. The summed E-state index contributed by atoms with van der Waals surface area (Å²) in [6, 6.07) is 8.32. The summed E-state index contributed by atoms with van der Waals surface area (Å²) in [5, 5.41) is 0. The van der Waals surface area contributed by atoms with Crippen LogP contribution in [-0.4, -0.2) is 27.3 Å². The Labute approximate surface area is 151 Å². The third-order valence-corrected chi connectivity index (χ3v) is 4.73. The first-order chi connectivity index (χ1) is 11.9. The number of hydrogen-bond acceptors (Lipinski definition) is 4. The SMILES string of the molecule is COc1cc(C)c(N2[C]N(c3c(C)cc(OC)cc3C)CC2)c(C)c1. The van der Waals surface area contributed by atoms with E-state index in [9.17, 15) is 0 Å². The Morgan fingerprint density at radius 3 is 1.28 bits per heavy atom. The number of rotatable bonds is 4. The molecule has 0 unspecified atom stereocenters. The number of anilines is 2. The molecule has 0 N–H and O–H groups in total. The summed E-state index contributed by atoms with van der Waals surface area (Å²) in [5.74, 6) is 1.80. The molecule has 0 aromatic heterocycles. The first-order valence-corrected chi connectivity index (χ1v) is 8.56. The standard InChI is InChI=1S/C21H26N2O2/c1-14-9-18(24-5)10-15(2)20(14)22-7-8-23(13-22)21-16(3)11-19(25-6)12-17(21)4/h9-12H,7-8H2,1-6H3. The van der Waals surface area contributed by atoms with Crippen LogP contribution < -0.4 is 19.3 Å². The summed E-state index contributed by atoms with van der Waals surface area (Å²) in [6.07, 6.45) is 0. The van der Waals surface area contributed by atoms with E-state index in [-0.39, 0.29) is 0 Å². The van der Waals surface area contributed by atoms with Gasteiger partial charge in [0.15, 0.2) is 0 Å². The number of methoxy groups -OCH3 is 2. The second-order valence-electron chi connectivity index (χ2n) is 6.62. The Bertz CT molecular complexity index is 674. The summed E-state index contributed by atoms with van der Waals surface area (Å²) in [6.45, 7) is 13.9. The zero-order valence-corrected chi connectivity index (χ0v) is 15.9. The lowest BCUT2D eigenvalue weighted by Gasteiger charge is -2.25. The molecule has 0 bridgehead atoms. The molecule has 1 aliphatic rings. The van der Waals surface area contributed by atoms with Crippen molar-refractivity contribution >= 4 is 11.4 Å². The Kier molecular flexibility index (Phi) is 4.80. The van der Waals surface area contributed by atoms with Gasteiger partial charge in [-0.05, 0) is 74.2 Å². The molecule has 3 rings (SSSR count). The van der Waals surface area contributed by atoms with Crippen molar-refractivity contribution in [3.05, 3.63) is 53.2 Å². The highest BCUT2D eigenvalue weighted by atomic mass is 16.5. The lowest BCUT2D eigenvalue weighted by molar-refractivity contribution is 0.414. The molecule has 1 saturated heterocycles. The van der Waals surface area contributed by atoms with E-state index in [0.717, 1.165) is 24.6 Å². The van der Waals surface area contributed by atoms with Gasteiger partial charge in [-0.25, -0.2) is 0 Å². The highest BCUT2D eigenvalue weighted by Crippen LogP contribution is 2.36. The van der Waals surface area contributed by atoms with E-state index in [1.54, 1.807) is 14.2 Å². The zero-order chi connectivity index (χ0) is 18.1. The third kappa shape index (κ3) is 3.26. The van der Waals surface area contributed by atoms with Crippen LogP contribution in [0.1, 0.15) is 22.3 Å². The average Bonchev–Trinajstić information content (AvgIpc) is 3.02. The maximum absolute atomic E-state index is 5.38. The molecule has 0 spiro atoms. The van der Waals surface area contributed by atoms with Crippen molar-refractivity contribution in [1.29, 1.82) is 0 Å². The molecule has 0 aliphatic carbocycles. The largest absolute Gasteiger partial charge is 0.497 e. The van der Waals surface area contributed by atoms with E-state index in [4.69, 9.17) is 9.47 Å². The Morgan fingerprint density at radius 1 is 0.680 bits per heavy atom. The van der Waals surface area contributed by atoms with Gasteiger partial charge < -0.3 is 19.3 Å². The molecule has 0 amide bonds. The summed E-state index contributed by atoms with van der Waals surface area (Å²) < 4.78 is 10.8. The molecule has 2 aromatic rings. The molecule has 0 atom stereocenters. The van der Waals surface area contributed by atoms with Crippen LogP contribution in [0.2, 0.25) is 0 Å². The minimum Gasteiger partial charge on any atom is -0.497 e. The van der Waals surface area contributed by atoms with Gasteiger partial charge in [-0.3, -0.25) is 0 Å². The average molecular weight is 338 g/mol. The molecule has 132 valence electrons. The molecular weight excluding hydrogens is 312 g/mol. The molecule has 2 radical (unpaired) electrons. The first-order valence-electron chi connectivity index (χ1n) is 8.56. The number of hydrogen-bond donors (Lipinski definition) is 0. The van der Waals surface area contributed by atoms with Crippen LogP contribution >= 0.6 is 0 Å². The van der Waals surface area contributed by atoms with E-state index in [1.807, 2.05) is 0 Å². The predicted octanol–water partition coefficient (Wildman–Crippen LogP) is 4.26. The maximum atomic E-state index is 5.38. The molecule has 4 nitrogen and oxygen atoms in total. The van der Waals surface area contributed by atoms with E-state index in [1.165, 1.54) is 33.6 Å². The van der Waals surface area contributed by atoms with Crippen molar-refractivity contribution in [2.75, 3.05) is 37.1 Å². The first kappa shape index (κ1) is 17.5. The van der Waals surface area contributed by atoms with Crippen molar-refractivity contribution in [2.45, 2.75) is 27.7 Å². The second kappa shape index (κ2) is 6.87. The van der Waals surface area contributed by atoms with Crippen LogP contribution in [0.4, 0.5) is 11.4 Å². The van der Waals surface area contributed by atoms with Crippen molar-refractivity contribution in [3.8, 4) is 11.5 Å². The van der Waals surface area contributed by atoms with Gasteiger partial charge in [0.2, 0.25) is 6.67 Å². The van der Waals surface area contributed by atoms with Crippen molar-refractivity contribution < 1.29 is 9.47 Å². The Hall–Kier alpha value is -2.36. The monoisotopic (exact) mass is 338 g/mol. The van der Waals surface area contributed by atoms with E-state index in [0.29, 0.717) is 0 Å². The van der Waals surface area contributed by atoms with Crippen LogP contribution in [0.15, 0.2) is 24.3 Å². The van der Waals surface area contributed by atoms with Crippen molar-refractivity contribution in [2.24, 2.45) is 0 Å². The topological polar surface area (TPSA) is 24.9 Å². The van der Waals surface area contributed by atoms with E-state index >= 15 is 0 Å². The molecular formula is C21H26N2O2. The molecule has 1 aliphatic heterocycles. The minimum atomic E-state index is 0.900. The molecule has 25 heavy (non-hydrogen) atoms. The van der Waals surface area contributed by atoms with Crippen LogP contribution in [0.3, 0.4) is 0 Å². The summed E-state index contributed by atoms with van der Waals surface area (Å²) in [5.41, 5.74) is 7.24. The number of aryl methyl sites for hydroxylation is 4. The smallest absolute Gasteiger partial charge is 0.208 e. The number of benzene rings is 2. The Morgan fingerprint density at radius 2 is 1.00 bits per heavy atom. The van der Waals surface area contributed by atoms with Gasteiger partial charge >= 0.3 is 0 Å². The van der Waals surface area contributed by atoms with Gasteiger partial charge in [-0.1, -0.05) is 0 Å². The lowest BCUT2D eigenvalue weighted by Crippen LogP contribution is -2.21. The highest BCUT2D eigenvalue weighted by Gasteiger charge is 2.27. The van der Waals surface area contributed by atoms with Gasteiger partial charge in [-0.15, -0.1) is 0 Å². The lowest BCUT2D eigenvalue weighted by atomic mass is 10.1. The van der Waals surface area contributed by atoms with Crippen LogP contribution in [0.25, 0.3) is 0 Å². The van der Waals surface area contributed by atoms with Gasteiger partial charge in [0, 0.05) is 24.5 Å². The fourth-order valence-electron chi connectivity index (χ4n) is 3.69. The predicted molar refractivity (Wildman–Crippen MR) is 103 cm³/mol. The van der Waals surface area contributed by atoms with Crippen LogP contribution in [0.5, 0.6) is 11.5 Å². The van der Waals surface area contributed by atoms with Gasteiger partial charge in [0.05, 0.1) is 14.2 Å². The molecule has 1 fully saturated rings. The van der Waals surface area contributed by atoms with Crippen molar-refractivity contribution in [1.82, 2.24) is 0 Å². The fourth-order valence-corrected chi connectivity index (χ4v) is 3.69. The van der Waals surface area contributed by atoms with E-state index < -0.39 is 0 Å². The van der Waals surface area contributed by atoms with Crippen LogP contribution in [-0.2, 0) is 0 Å². The van der Waals surface area contributed by atoms with Gasteiger partial charge in [0.25, 0.3) is 0 Å². The number of ether oxygens (including phenoxy) is 2. The number of nitrogens with zero attached hydrogens (tertiary/aromatic N) is 2. The minimum absolute atomic E-state index is 0.900. The van der Waals surface area contributed by atoms with E-state index in [2.05, 4.69) is 68.4 Å². The van der Waals surface area contributed by atoms with Gasteiger partial charge in [0.1, 0.15) is 11.5 Å². The molecule has 4 heteroatoms. The highest BCUT2D eigenvalue weighted by molar-refractivity contribution is 5.69. The molecule has 2 aromatic carbocycles. The Balaban J connectivity index is 1.88. The zero-order valence-electron chi connectivity index (χ0n) is 15.9. The van der Waals surface area contributed by atoms with Crippen LogP contribution in [0, 0.1) is 34.4 Å². The normalized spacial score (nSPS) is 14.2. The molecule has 1 heterocycles. The fraction of sp³-hybridized carbons (Fsp3) is 0.381. The summed E-state index contributed by atoms with van der Waals surface area (Å²) in [4.78, 5) is 4.43. The summed E-state index contributed by atoms with van der Waals surface area (Å²) in [7, 11) is 3.41. The van der Waals surface area contributed by atoms with Gasteiger partial charge in [-0.2, -0.15) is 0 Å².